The minimum Gasteiger partial charge on any atom is -0.497 e. The topological polar surface area (TPSA) is 88.1 Å². The van der Waals surface area contributed by atoms with Crippen molar-refractivity contribution in [2.75, 3.05) is 19.0 Å². The van der Waals surface area contributed by atoms with Gasteiger partial charge in [-0.3, -0.25) is 10.2 Å². The predicted octanol–water partition coefficient (Wildman–Crippen LogP) is 4.07. The second-order valence-electron chi connectivity index (χ2n) is 6.51. The van der Waals surface area contributed by atoms with E-state index in [9.17, 15) is 14.7 Å². The molecule has 2 atom stereocenters. The molecule has 2 unspecified atom stereocenters. The van der Waals surface area contributed by atoms with Gasteiger partial charge in [-0.25, -0.2) is 9.59 Å². The van der Waals surface area contributed by atoms with Crippen molar-refractivity contribution in [2.45, 2.75) is 43.7 Å². The average molecular weight is 413 g/mol. The van der Waals surface area contributed by atoms with Crippen LogP contribution in [0.2, 0.25) is 0 Å². The van der Waals surface area contributed by atoms with E-state index in [2.05, 4.69) is 21.2 Å². The first-order chi connectivity index (χ1) is 11.9. The number of benzene rings is 1. The summed E-state index contributed by atoms with van der Waals surface area (Å²) in [6, 6.07) is 5.23. The molecule has 2 N–H and O–H groups in total. The molecule has 0 spiro atoms. The van der Waals surface area contributed by atoms with E-state index in [0.717, 1.165) is 32.1 Å². The minimum absolute atomic E-state index is 0.0497. The number of methoxy groups -OCH3 is 1. The number of hydrogen-bond acceptors (Lipinski definition) is 4. The summed E-state index contributed by atoms with van der Waals surface area (Å²) in [7, 11) is 1.57. The van der Waals surface area contributed by atoms with Gasteiger partial charge in [0, 0.05) is 10.5 Å². The summed E-state index contributed by atoms with van der Waals surface area (Å²) in [6.07, 6.45) is 2.63. The van der Waals surface area contributed by atoms with Crippen LogP contribution in [0.4, 0.5) is 15.3 Å². The molecule has 0 radical (unpaired) electrons. The molecule has 7 nitrogen and oxygen atoms in total. The molecular formula is C17H21BrN2O5. The van der Waals surface area contributed by atoms with Crippen LogP contribution in [0.3, 0.4) is 0 Å². The number of amides is 2. The SMILES string of the molecule is COc1ccc(NC(=O)OCC23CCCC(CC2)N3C(=O)O)c(Br)c1. The molecule has 0 aromatic heterocycles. The Morgan fingerprint density at radius 2 is 2.20 bits per heavy atom. The molecule has 2 heterocycles. The van der Waals surface area contributed by atoms with Crippen molar-refractivity contribution in [2.24, 2.45) is 0 Å². The Labute approximate surface area is 154 Å². The third kappa shape index (κ3) is 3.53. The summed E-state index contributed by atoms with van der Waals surface area (Å²) in [6.45, 7) is 0.0788. The van der Waals surface area contributed by atoms with Crippen molar-refractivity contribution >= 4 is 33.8 Å². The molecule has 25 heavy (non-hydrogen) atoms. The lowest BCUT2D eigenvalue weighted by Crippen LogP contribution is -2.55. The maximum absolute atomic E-state index is 12.2. The number of nitrogens with zero attached hydrogens (tertiary/aromatic N) is 1. The van der Waals surface area contributed by atoms with Crippen LogP contribution in [0.5, 0.6) is 5.75 Å². The molecule has 8 heteroatoms. The van der Waals surface area contributed by atoms with Crippen LogP contribution in [-0.2, 0) is 4.74 Å². The van der Waals surface area contributed by atoms with Gasteiger partial charge in [-0.15, -0.1) is 0 Å². The molecule has 0 saturated carbocycles. The first-order valence-corrected chi connectivity index (χ1v) is 9.04. The Morgan fingerprint density at radius 3 is 2.88 bits per heavy atom. The molecular weight excluding hydrogens is 392 g/mol. The van der Waals surface area contributed by atoms with Gasteiger partial charge in [-0.1, -0.05) is 0 Å². The highest BCUT2D eigenvalue weighted by molar-refractivity contribution is 9.10. The Kier molecular flexibility index (Phi) is 5.08. The highest BCUT2D eigenvalue weighted by Crippen LogP contribution is 2.44. The fraction of sp³-hybridized carbons (Fsp3) is 0.529. The lowest BCUT2D eigenvalue weighted by Gasteiger charge is -2.42. The first-order valence-electron chi connectivity index (χ1n) is 8.25. The standard InChI is InChI=1S/C17H21BrN2O5/c1-24-12-4-5-14(13(18)9-12)19-15(21)25-10-17-7-2-3-11(6-8-17)20(17)16(22)23/h4-5,9,11H,2-3,6-8,10H2,1H3,(H,19,21)(H,22,23). The maximum Gasteiger partial charge on any atom is 0.411 e. The second kappa shape index (κ2) is 7.11. The predicted molar refractivity (Wildman–Crippen MR) is 95.1 cm³/mol. The van der Waals surface area contributed by atoms with E-state index in [-0.39, 0.29) is 12.6 Å². The Balaban J connectivity index is 1.63. The van der Waals surface area contributed by atoms with Crippen LogP contribution < -0.4 is 10.1 Å². The number of rotatable bonds is 4. The van der Waals surface area contributed by atoms with Crippen LogP contribution >= 0.6 is 15.9 Å². The van der Waals surface area contributed by atoms with Gasteiger partial charge >= 0.3 is 12.2 Å². The Morgan fingerprint density at radius 1 is 1.40 bits per heavy atom. The Bertz CT molecular complexity index is 679. The van der Waals surface area contributed by atoms with Crippen LogP contribution in [0, 0.1) is 0 Å². The fourth-order valence-electron chi connectivity index (χ4n) is 3.90. The molecule has 1 aromatic carbocycles. The van der Waals surface area contributed by atoms with Crippen LogP contribution in [0.25, 0.3) is 0 Å². The molecule has 2 amide bonds. The highest BCUT2D eigenvalue weighted by Gasteiger charge is 2.52. The van der Waals surface area contributed by atoms with Gasteiger partial charge in [-0.05, 0) is 66.2 Å². The number of carbonyl (C=O) groups excluding carboxylic acids is 1. The van der Waals surface area contributed by atoms with Gasteiger partial charge in [0.1, 0.15) is 12.4 Å². The second-order valence-corrected chi connectivity index (χ2v) is 7.36. The van der Waals surface area contributed by atoms with Crippen LogP contribution in [0.15, 0.2) is 22.7 Å². The quantitative estimate of drug-likeness (QED) is 0.777. The van der Waals surface area contributed by atoms with Crippen LogP contribution in [0.1, 0.15) is 32.1 Å². The number of fused-ring (bicyclic) bond motifs is 2. The molecule has 2 aliphatic heterocycles. The normalized spacial score (nSPS) is 24.7. The molecule has 2 fully saturated rings. The summed E-state index contributed by atoms with van der Waals surface area (Å²) in [5.41, 5.74) is -0.0187. The lowest BCUT2D eigenvalue weighted by atomic mass is 9.89. The Hall–Kier alpha value is -1.96. The van der Waals surface area contributed by atoms with Gasteiger partial charge in [0.25, 0.3) is 0 Å². The molecule has 2 saturated heterocycles. The smallest absolute Gasteiger partial charge is 0.411 e. The first kappa shape index (κ1) is 17.8. The summed E-state index contributed by atoms with van der Waals surface area (Å²) in [4.78, 5) is 25.3. The van der Waals surface area contributed by atoms with E-state index in [1.54, 1.807) is 25.3 Å². The van der Waals surface area contributed by atoms with E-state index < -0.39 is 17.7 Å². The largest absolute Gasteiger partial charge is 0.497 e. The zero-order chi connectivity index (χ0) is 18.0. The lowest BCUT2D eigenvalue weighted by molar-refractivity contribution is 0.0110. The number of nitrogens with one attached hydrogen (secondary N) is 1. The van der Waals surface area contributed by atoms with Gasteiger partial charge in [0.05, 0.1) is 18.3 Å². The van der Waals surface area contributed by atoms with Crippen molar-refractivity contribution in [1.82, 2.24) is 4.90 Å². The third-order valence-corrected chi connectivity index (χ3v) is 5.75. The minimum atomic E-state index is -0.927. The van der Waals surface area contributed by atoms with Gasteiger partial charge in [0.2, 0.25) is 0 Å². The molecule has 3 rings (SSSR count). The van der Waals surface area contributed by atoms with Crippen molar-refractivity contribution in [3.05, 3.63) is 22.7 Å². The van der Waals surface area contributed by atoms with Crippen molar-refractivity contribution < 1.29 is 24.2 Å². The van der Waals surface area contributed by atoms with Gasteiger partial charge in [0.15, 0.2) is 0 Å². The maximum atomic E-state index is 12.2. The third-order valence-electron chi connectivity index (χ3n) is 5.09. The van der Waals surface area contributed by atoms with E-state index >= 15 is 0 Å². The average Bonchev–Trinajstić information content (AvgIpc) is 2.82. The van der Waals surface area contributed by atoms with E-state index in [1.165, 1.54) is 4.90 Å². The highest BCUT2D eigenvalue weighted by atomic mass is 79.9. The summed E-state index contributed by atoms with van der Waals surface area (Å²) >= 11 is 3.37. The summed E-state index contributed by atoms with van der Waals surface area (Å²) < 4.78 is 11.2. The molecule has 2 aliphatic rings. The summed E-state index contributed by atoms with van der Waals surface area (Å²) in [5, 5.41) is 12.2. The zero-order valence-corrected chi connectivity index (χ0v) is 15.5. The zero-order valence-electron chi connectivity index (χ0n) is 14.0. The monoisotopic (exact) mass is 412 g/mol. The number of carbonyl (C=O) groups is 2. The van der Waals surface area contributed by atoms with Crippen LogP contribution in [-0.4, -0.2) is 47.5 Å². The summed E-state index contributed by atoms with van der Waals surface area (Å²) in [5.74, 6) is 0.668. The fourth-order valence-corrected chi connectivity index (χ4v) is 4.36. The van der Waals surface area contributed by atoms with Gasteiger partial charge < -0.3 is 14.6 Å². The number of halogens is 1. The molecule has 136 valence electrons. The number of piperidine rings is 1. The number of ether oxygens (including phenoxy) is 2. The number of carboxylic acid groups (broad SMARTS) is 1. The van der Waals surface area contributed by atoms with E-state index in [1.807, 2.05) is 0 Å². The van der Waals surface area contributed by atoms with Crippen molar-refractivity contribution in [3.8, 4) is 5.75 Å². The van der Waals surface area contributed by atoms with E-state index in [0.29, 0.717) is 15.9 Å². The van der Waals surface area contributed by atoms with Gasteiger partial charge in [-0.2, -0.15) is 0 Å². The van der Waals surface area contributed by atoms with Crippen molar-refractivity contribution in [3.63, 3.8) is 0 Å². The number of anilines is 1. The molecule has 1 aromatic rings. The number of hydrogen-bond donors (Lipinski definition) is 2. The van der Waals surface area contributed by atoms with E-state index in [4.69, 9.17) is 9.47 Å². The molecule has 2 bridgehead atoms. The van der Waals surface area contributed by atoms with Crippen molar-refractivity contribution in [1.29, 1.82) is 0 Å². The molecule has 0 aliphatic carbocycles.